The van der Waals surface area contributed by atoms with Crippen LogP contribution >= 0.6 is 11.8 Å². The normalized spacial score (nSPS) is 22.1. The quantitative estimate of drug-likeness (QED) is 0.559. The molecule has 0 spiro atoms. The Balaban J connectivity index is 2.87. The Bertz CT molecular complexity index is 350. The van der Waals surface area contributed by atoms with E-state index in [4.69, 9.17) is 9.47 Å². The Morgan fingerprint density at radius 1 is 1.16 bits per heavy atom. The van der Waals surface area contributed by atoms with Crippen LogP contribution in [0.15, 0.2) is 10.7 Å². The predicted molar refractivity (Wildman–Crippen MR) is 57.3 cm³/mol. The lowest BCUT2D eigenvalue weighted by molar-refractivity contribution is -0.271. The first-order valence-corrected chi connectivity index (χ1v) is 6.22. The Labute approximate surface area is 110 Å². The van der Waals surface area contributed by atoms with Crippen molar-refractivity contribution >= 4 is 11.8 Å². The lowest BCUT2D eigenvalue weighted by Crippen LogP contribution is -2.43. The van der Waals surface area contributed by atoms with E-state index in [1.807, 2.05) is 0 Å². The zero-order valence-corrected chi connectivity index (χ0v) is 10.9. The van der Waals surface area contributed by atoms with Crippen molar-refractivity contribution in [3.8, 4) is 0 Å². The Morgan fingerprint density at radius 2 is 1.58 bits per heavy atom. The summed E-state index contributed by atoms with van der Waals surface area (Å²) in [6.45, 7) is 3.53. The molecule has 0 bridgehead atoms. The summed E-state index contributed by atoms with van der Waals surface area (Å²) in [6.07, 6.45) is -6.42. The van der Waals surface area contributed by atoms with Gasteiger partial charge in [-0.25, -0.2) is 4.39 Å². The molecule has 0 N–H and O–H groups in total. The van der Waals surface area contributed by atoms with Gasteiger partial charge in [-0.3, -0.25) is 0 Å². The van der Waals surface area contributed by atoms with Gasteiger partial charge >= 0.3 is 12.1 Å². The second-order valence-corrected chi connectivity index (χ2v) is 4.96. The van der Waals surface area contributed by atoms with Crippen molar-refractivity contribution in [3.05, 3.63) is 10.7 Å². The topological polar surface area (TPSA) is 18.5 Å². The van der Waals surface area contributed by atoms with Crippen LogP contribution in [0.2, 0.25) is 0 Å². The summed E-state index contributed by atoms with van der Waals surface area (Å²) in [6, 6.07) is 0. The third-order valence-corrected chi connectivity index (χ3v) is 3.52. The highest BCUT2D eigenvalue weighted by Crippen LogP contribution is 2.57. The van der Waals surface area contributed by atoms with Crippen LogP contribution in [0, 0.1) is 0 Å². The van der Waals surface area contributed by atoms with E-state index in [9.17, 15) is 26.3 Å². The maximum atomic E-state index is 13.2. The van der Waals surface area contributed by atoms with E-state index in [0.717, 1.165) is 0 Å². The number of thioether (sulfide) groups is 1. The minimum Gasteiger partial charge on any atom is -0.341 e. The van der Waals surface area contributed by atoms with Crippen LogP contribution in [0.1, 0.15) is 20.3 Å². The van der Waals surface area contributed by atoms with Crippen molar-refractivity contribution in [2.24, 2.45) is 0 Å². The fourth-order valence-electron chi connectivity index (χ4n) is 1.44. The number of hydrogen-bond acceptors (Lipinski definition) is 3. The standard InChI is InChI=1S/C10H12F6O2S/c1-3-17-8(18-4-2)5-6(19-8)7(11)9(12,13)10(14,15)16/h3-5H2,1-2H3. The monoisotopic (exact) mass is 310 g/mol. The van der Waals surface area contributed by atoms with Gasteiger partial charge in [-0.2, -0.15) is 22.0 Å². The third kappa shape index (κ3) is 3.19. The van der Waals surface area contributed by atoms with Crippen molar-refractivity contribution < 1.29 is 35.8 Å². The highest BCUT2D eigenvalue weighted by Gasteiger charge is 2.63. The van der Waals surface area contributed by atoms with Crippen molar-refractivity contribution in [1.82, 2.24) is 0 Å². The molecule has 19 heavy (non-hydrogen) atoms. The molecule has 1 rings (SSSR count). The van der Waals surface area contributed by atoms with Crippen molar-refractivity contribution in [1.29, 1.82) is 0 Å². The molecule has 0 aromatic carbocycles. The largest absolute Gasteiger partial charge is 0.460 e. The predicted octanol–water partition coefficient (Wildman–Crippen LogP) is 4.23. The van der Waals surface area contributed by atoms with Gasteiger partial charge in [0, 0.05) is 24.5 Å². The Kier molecular flexibility index (Phi) is 4.84. The molecule has 9 heteroatoms. The van der Waals surface area contributed by atoms with Gasteiger partial charge in [-0.15, -0.1) is 0 Å². The summed E-state index contributed by atoms with van der Waals surface area (Å²) in [4.78, 5) is -0.704. The summed E-state index contributed by atoms with van der Waals surface area (Å²) >= 11 is 0.402. The number of rotatable bonds is 5. The molecule has 1 saturated heterocycles. The van der Waals surface area contributed by atoms with Gasteiger partial charge in [0.1, 0.15) is 0 Å². The molecule has 0 saturated carbocycles. The fraction of sp³-hybridized carbons (Fsp3) is 0.800. The molecule has 0 aromatic rings. The van der Waals surface area contributed by atoms with E-state index in [1.54, 1.807) is 13.8 Å². The van der Waals surface area contributed by atoms with Crippen LogP contribution in [-0.2, 0) is 9.47 Å². The highest BCUT2D eigenvalue weighted by atomic mass is 32.2. The number of hydrogen-bond donors (Lipinski definition) is 0. The number of alkyl halides is 5. The molecule has 0 aromatic heterocycles. The van der Waals surface area contributed by atoms with Gasteiger partial charge in [-0.05, 0) is 13.8 Å². The second kappa shape index (κ2) is 5.53. The van der Waals surface area contributed by atoms with Crippen LogP contribution in [0.5, 0.6) is 0 Å². The summed E-state index contributed by atoms with van der Waals surface area (Å²) in [5.41, 5.74) is 0. The maximum Gasteiger partial charge on any atom is 0.460 e. The highest BCUT2D eigenvalue weighted by molar-refractivity contribution is 8.05. The summed E-state index contributed by atoms with van der Waals surface area (Å²) in [7, 11) is 0. The van der Waals surface area contributed by atoms with E-state index in [2.05, 4.69) is 0 Å². The van der Waals surface area contributed by atoms with Gasteiger partial charge < -0.3 is 9.47 Å². The average molecular weight is 310 g/mol. The lowest BCUT2D eigenvalue weighted by atomic mass is 10.2. The van der Waals surface area contributed by atoms with Crippen LogP contribution < -0.4 is 0 Å². The fourth-order valence-corrected chi connectivity index (χ4v) is 2.62. The summed E-state index contributed by atoms with van der Waals surface area (Å²) in [5, 5.41) is -1.36. The zero-order valence-electron chi connectivity index (χ0n) is 10.1. The third-order valence-electron chi connectivity index (χ3n) is 2.26. The first-order chi connectivity index (χ1) is 8.59. The molecule has 0 atom stereocenters. The van der Waals surface area contributed by atoms with Gasteiger partial charge in [-0.1, -0.05) is 11.8 Å². The summed E-state index contributed by atoms with van der Waals surface area (Å²) in [5.74, 6) is -7.97. The van der Waals surface area contributed by atoms with Crippen LogP contribution in [0.25, 0.3) is 0 Å². The molecule has 1 aliphatic heterocycles. The van der Waals surface area contributed by atoms with Crippen molar-refractivity contribution in [3.63, 3.8) is 0 Å². The smallest absolute Gasteiger partial charge is 0.341 e. The lowest BCUT2D eigenvalue weighted by Gasteiger charge is -2.41. The second-order valence-electron chi connectivity index (χ2n) is 3.64. The van der Waals surface area contributed by atoms with Gasteiger partial charge in [0.15, 0.2) is 5.83 Å². The Hall–Kier alpha value is -0.410. The minimum absolute atomic E-state index is 0.164. The SMILES string of the molecule is CCOC1(OCC)CC(=C(F)C(F)(F)C(F)(F)F)S1. The molecular formula is C10H12F6O2S. The number of halogens is 6. The van der Waals surface area contributed by atoms with E-state index in [0.29, 0.717) is 11.8 Å². The van der Waals surface area contributed by atoms with Crippen molar-refractivity contribution in [2.45, 2.75) is 37.5 Å². The molecule has 1 aliphatic rings. The van der Waals surface area contributed by atoms with E-state index < -0.39 is 34.4 Å². The molecule has 112 valence electrons. The van der Waals surface area contributed by atoms with Gasteiger partial charge in [0.05, 0.1) is 0 Å². The molecular weight excluding hydrogens is 298 g/mol. The zero-order chi connectivity index (χ0) is 14.9. The van der Waals surface area contributed by atoms with E-state index in [-0.39, 0.29) is 13.2 Å². The van der Waals surface area contributed by atoms with Crippen LogP contribution in [0.3, 0.4) is 0 Å². The molecule has 0 unspecified atom stereocenters. The maximum absolute atomic E-state index is 13.2. The first-order valence-electron chi connectivity index (χ1n) is 5.40. The molecule has 2 nitrogen and oxygen atoms in total. The van der Waals surface area contributed by atoms with Crippen LogP contribution in [0.4, 0.5) is 26.3 Å². The van der Waals surface area contributed by atoms with Crippen LogP contribution in [-0.4, -0.2) is 30.4 Å². The first kappa shape index (κ1) is 16.6. The van der Waals surface area contributed by atoms with Gasteiger partial charge in [0.2, 0.25) is 5.12 Å². The molecule has 0 aliphatic carbocycles. The molecule has 1 fully saturated rings. The molecule has 1 heterocycles. The average Bonchev–Trinajstić information content (AvgIpc) is 2.22. The Morgan fingerprint density at radius 3 is 1.89 bits per heavy atom. The number of allylic oxidation sites excluding steroid dienone is 1. The van der Waals surface area contributed by atoms with Crippen molar-refractivity contribution in [2.75, 3.05) is 13.2 Å². The van der Waals surface area contributed by atoms with E-state index >= 15 is 0 Å². The van der Waals surface area contributed by atoms with Gasteiger partial charge in [0.25, 0.3) is 0 Å². The molecule has 0 radical (unpaired) electrons. The molecule has 0 amide bonds. The summed E-state index contributed by atoms with van der Waals surface area (Å²) < 4.78 is 84.9. The van der Waals surface area contributed by atoms with E-state index in [1.165, 1.54) is 0 Å². The number of ether oxygens (including phenoxy) is 2. The minimum atomic E-state index is -5.96.